The SMILES string of the molecule is CCOC(=O)NC1CCCN(C(=O)c2cc([N+](=O)[O-])ccc2I)C1. The number of nitrogens with zero attached hydrogens (tertiary/aromatic N) is 2. The van der Waals surface area contributed by atoms with Crippen LogP contribution in [-0.2, 0) is 4.74 Å². The van der Waals surface area contributed by atoms with E-state index in [0.29, 0.717) is 22.2 Å². The van der Waals surface area contributed by atoms with Crippen molar-refractivity contribution in [1.29, 1.82) is 0 Å². The number of benzene rings is 1. The number of piperidine rings is 1. The maximum absolute atomic E-state index is 12.7. The van der Waals surface area contributed by atoms with Crippen molar-refractivity contribution in [2.75, 3.05) is 19.7 Å². The Balaban J connectivity index is 2.10. The Morgan fingerprint density at radius 3 is 2.92 bits per heavy atom. The van der Waals surface area contributed by atoms with Crippen molar-refractivity contribution in [3.63, 3.8) is 0 Å². The van der Waals surface area contributed by atoms with Crippen molar-refractivity contribution in [3.8, 4) is 0 Å². The van der Waals surface area contributed by atoms with Gasteiger partial charge in [-0.05, 0) is 48.4 Å². The molecule has 0 spiro atoms. The molecule has 1 saturated heterocycles. The van der Waals surface area contributed by atoms with E-state index in [1.165, 1.54) is 12.1 Å². The van der Waals surface area contributed by atoms with Gasteiger partial charge in [0.15, 0.2) is 0 Å². The van der Waals surface area contributed by atoms with Crippen molar-refractivity contribution in [2.45, 2.75) is 25.8 Å². The molecular formula is C15H18IN3O5. The number of nitro groups is 1. The summed E-state index contributed by atoms with van der Waals surface area (Å²) in [5.74, 6) is -0.265. The Morgan fingerprint density at radius 2 is 2.25 bits per heavy atom. The van der Waals surface area contributed by atoms with Gasteiger partial charge in [-0.3, -0.25) is 14.9 Å². The van der Waals surface area contributed by atoms with Crippen molar-refractivity contribution in [2.24, 2.45) is 0 Å². The number of likely N-dealkylation sites (tertiary alicyclic amines) is 1. The summed E-state index contributed by atoms with van der Waals surface area (Å²) in [6.45, 7) is 2.92. The molecule has 8 nitrogen and oxygen atoms in total. The predicted octanol–water partition coefficient (Wildman–Crippen LogP) is 2.55. The number of carbonyl (C=O) groups is 2. The van der Waals surface area contributed by atoms with E-state index in [0.717, 1.165) is 12.8 Å². The van der Waals surface area contributed by atoms with Crippen LogP contribution in [0.2, 0.25) is 0 Å². The fraction of sp³-hybridized carbons (Fsp3) is 0.467. The molecule has 1 aliphatic rings. The lowest BCUT2D eigenvalue weighted by atomic mass is 10.0. The minimum Gasteiger partial charge on any atom is -0.450 e. The van der Waals surface area contributed by atoms with Gasteiger partial charge in [0.25, 0.3) is 11.6 Å². The van der Waals surface area contributed by atoms with Crippen LogP contribution in [0.25, 0.3) is 0 Å². The van der Waals surface area contributed by atoms with Crippen LogP contribution in [0.15, 0.2) is 18.2 Å². The second-order valence-electron chi connectivity index (χ2n) is 5.38. The third kappa shape index (κ3) is 4.56. The fourth-order valence-electron chi connectivity index (χ4n) is 2.58. The normalized spacial score (nSPS) is 17.2. The number of nitro benzene ring substituents is 1. The molecule has 1 aromatic carbocycles. The molecule has 0 saturated carbocycles. The first kappa shape index (κ1) is 18.4. The summed E-state index contributed by atoms with van der Waals surface area (Å²) in [7, 11) is 0. The second kappa shape index (κ2) is 8.27. The van der Waals surface area contributed by atoms with Crippen LogP contribution in [0.1, 0.15) is 30.1 Å². The summed E-state index contributed by atoms with van der Waals surface area (Å²) in [5.41, 5.74) is 0.193. The highest BCUT2D eigenvalue weighted by Gasteiger charge is 2.27. The molecule has 0 aliphatic carbocycles. The van der Waals surface area contributed by atoms with Crippen molar-refractivity contribution in [3.05, 3.63) is 37.4 Å². The van der Waals surface area contributed by atoms with Gasteiger partial charge >= 0.3 is 6.09 Å². The molecule has 1 N–H and O–H groups in total. The van der Waals surface area contributed by atoms with Crippen LogP contribution in [0, 0.1) is 13.7 Å². The highest BCUT2D eigenvalue weighted by atomic mass is 127. The van der Waals surface area contributed by atoms with Crippen LogP contribution in [0.4, 0.5) is 10.5 Å². The highest BCUT2D eigenvalue weighted by Crippen LogP contribution is 2.22. The number of non-ortho nitro benzene ring substituents is 1. The van der Waals surface area contributed by atoms with E-state index < -0.39 is 11.0 Å². The zero-order chi connectivity index (χ0) is 17.7. The molecule has 9 heteroatoms. The number of carbonyl (C=O) groups excluding carboxylic acids is 2. The predicted molar refractivity (Wildman–Crippen MR) is 94.9 cm³/mol. The maximum Gasteiger partial charge on any atom is 0.407 e. The van der Waals surface area contributed by atoms with Gasteiger partial charge < -0.3 is 15.0 Å². The zero-order valence-corrected chi connectivity index (χ0v) is 15.3. The number of alkyl carbamates (subject to hydrolysis) is 1. The van der Waals surface area contributed by atoms with Gasteiger partial charge in [0.05, 0.1) is 17.1 Å². The number of rotatable bonds is 4. The molecule has 1 aliphatic heterocycles. The average Bonchev–Trinajstić information content (AvgIpc) is 2.55. The van der Waals surface area contributed by atoms with Crippen LogP contribution in [-0.4, -0.2) is 47.6 Å². The number of hydrogen-bond acceptors (Lipinski definition) is 5. The molecule has 0 bridgehead atoms. The molecule has 1 aromatic rings. The lowest BCUT2D eigenvalue weighted by Gasteiger charge is -2.33. The van der Waals surface area contributed by atoms with E-state index in [2.05, 4.69) is 5.32 Å². The summed E-state index contributed by atoms with van der Waals surface area (Å²) in [6.07, 6.45) is 1.00. The quantitative estimate of drug-likeness (QED) is 0.434. The van der Waals surface area contributed by atoms with Crippen LogP contribution in [0.5, 0.6) is 0 Å². The Morgan fingerprint density at radius 1 is 1.50 bits per heavy atom. The summed E-state index contributed by atoms with van der Waals surface area (Å²) in [4.78, 5) is 36.2. The molecule has 2 rings (SSSR count). The Labute approximate surface area is 152 Å². The lowest BCUT2D eigenvalue weighted by Crippen LogP contribution is -2.49. The molecule has 130 valence electrons. The van der Waals surface area contributed by atoms with Gasteiger partial charge in [0, 0.05) is 34.8 Å². The third-order valence-corrected chi connectivity index (χ3v) is 4.64. The van der Waals surface area contributed by atoms with Crippen LogP contribution < -0.4 is 5.32 Å². The van der Waals surface area contributed by atoms with E-state index in [9.17, 15) is 19.7 Å². The van der Waals surface area contributed by atoms with E-state index in [1.54, 1.807) is 17.9 Å². The van der Waals surface area contributed by atoms with E-state index >= 15 is 0 Å². The molecule has 1 fully saturated rings. The molecular weight excluding hydrogens is 429 g/mol. The molecule has 1 atom stereocenters. The fourth-order valence-corrected chi connectivity index (χ4v) is 3.15. The van der Waals surface area contributed by atoms with Gasteiger partial charge in [-0.1, -0.05) is 0 Å². The minimum absolute atomic E-state index is 0.114. The number of ether oxygens (including phenoxy) is 1. The average molecular weight is 447 g/mol. The van der Waals surface area contributed by atoms with Crippen molar-refractivity contribution < 1.29 is 19.2 Å². The first-order valence-corrected chi connectivity index (χ1v) is 8.66. The Hall–Kier alpha value is -1.91. The van der Waals surface area contributed by atoms with Crippen LogP contribution >= 0.6 is 22.6 Å². The van der Waals surface area contributed by atoms with Gasteiger partial charge in [0.2, 0.25) is 0 Å². The number of hydrogen-bond donors (Lipinski definition) is 1. The number of amides is 2. The third-order valence-electron chi connectivity index (χ3n) is 3.70. The first-order chi connectivity index (χ1) is 11.4. The summed E-state index contributed by atoms with van der Waals surface area (Å²) < 4.78 is 5.51. The smallest absolute Gasteiger partial charge is 0.407 e. The van der Waals surface area contributed by atoms with Gasteiger partial charge in [-0.25, -0.2) is 4.79 Å². The summed E-state index contributed by atoms with van der Waals surface area (Å²) >= 11 is 1.99. The number of nitrogens with one attached hydrogen (secondary N) is 1. The van der Waals surface area contributed by atoms with Crippen molar-refractivity contribution in [1.82, 2.24) is 10.2 Å². The second-order valence-corrected chi connectivity index (χ2v) is 6.54. The summed E-state index contributed by atoms with van der Waals surface area (Å²) in [6, 6.07) is 4.05. The molecule has 2 amide bonds. The maximum atomic E-state index is 12.7. The molecule has 1 heterocycles. The monoisotopic (exact) mass is 447 g/mol. The number of halogens is 1. The Bertz CT molecular complexity index is 652. The van der Waals surface area contributed by atoms with E-state index in [-0.39, 0.29) is 24.2 Å². The van der Waals surface area contributed by atoms with Crippen molar-refractivity contribution >= 4 is 40.3 Å². The van der Waals surface area contributed by atoms with Gasteiger partial charge in [-0.15, -0.1) is 0 Å². The topological polar surface area (TPSA) is 102 Å². The minimum atomic E-state index is -0.520. The molecule has 1 unspecified atom stereocenters. The largest absolute Gasteiger partial charge is 0.450 e. The Kier molecular flexibility index (Phi) is 6.35. The van der Waals surface area contributed by atoms with E-state index in [1.807, 2.05) is 22.6 Å². The summed E-state index contributed by atoms with van der Waals surface area (Å²) in [5, 5.41) is 13.7. The molecule has 0 aromatic heterocycles. The van der Waals surface area contributed by atoms with Gasteiger partial charge in [0.1, 0.15) is 0 Å². The molecule has 24 heavy (non-hydrogen) atoms. The molecule has 0 radical (unpaired) electrons. The zero-order valence-electron chi connectivity index (χ0n) is 13.2. The standard InChI is InChI=1S/C15H18IN3O5/c1-2-24-15(21)17-10-4-3-7-18(9-10)14(20)12-8-11(19(22)23)5-6-13(12)16/h5-6,8,10H,2-4,7,9H2,1H3,(H,17,21). The van der Waals surface area contributed by atoms with Crippen LogP contribution in [0.3, 0.4) is 0 Å². The highest BCUT2D eigenvalue weighted by molar-refractivity contribution is 14.1. The lowest BCUT2D eigenvalue weighted by molar-refractivity contribution is -0.384. The first-order valence-electron chi connectivity index (χ1n) is 7.59. The van der Waals surface area contributed by atoms with E-state index in [4.69, 9.17) is 4.74 Å². The van der Waals surface area contributed by atoms with Gasteiger partial charge in [-0.2, -0.15) is 0 Å².